The van der Waals surface area contributed by atoms with Crippen LogP contribution in [0.15, 0.2) is 22.9 Å². The van der Waals surface area contributed by atoms with Gasteiger partial charge in [-0.05, 0) is 105 Å². The van der Waals surface area contributed by atoms with E-state index in [4.69, 9.17) is 0 Å². The summed E-state index contributed by atoms with van der Waals surface area (Å²) in [6.45, 7) is 6.27. The van der Waals surface area contributed by atoms with Crippen molar-refractivity contribution >= 4 is 5.78 Å². The Bertz CT molecular complexity index is 733. The Morgan fingerprint density at radius 2 is 1.78 bits per heavy atom. The summed E-state index contributed by atoms with van der Waals surface area (Å²) in [7, 11) is 0. The lowest BCUT2D eigenvalue weighted by Gasteiger charge is -2.49. The smallest absolute Gasteiger partial charge is 0.155 e. The van der Waals surface area contributed by atoms with E-state index in [1.165, 1.54) is 57.1 Å². The first-order chi connectivity index (χ1) is 13.1. The zero-order chi connectivity index (χ0) is 18.3. The van der Waals surface area contributed by atoms with Gasteiger partial charge in [0, 0.05) is 30.6 Å². The number of hydrogen-bond acceptors (Lipinski definition) is 2. The summed E-state index contributed by atoms with van der Waals surface area (Å²) in [5.74, 6) is 6.66. The summed E-state index contributed by atoms with van der Waals surface area (Å²) in [5.41, 5.74) is 5.08. The first-order valence-corrected chi connectivity index (χ1v) is 11.8. The summed E-state index contributed by atoms with van der Waals surface area (Å²) >= 11 is 0. The minimum atomic E-state index is 0.399. The van der Waals surface area contributed by atoms with Crippen molar-refractivity contribution in [1.29, 1.82) is 0 Å². The average molecular weight is 366 g/mol. The van der Waals surface area contributed by atoms with Gasteiger partial charge in [0.05, 0.1) is 0 Å². The zero-order valence-electron chi connectivity index (χ0n) is 17.1. The Labute approximate surface area is 164 Å². The third-order valence-corrected chi connectivity index (χ3v) is 9.76. The second kappa shape index (κ2) is 5.97. The molecule has 0 aromatic rings. The minimum absolute atomic E-state index is 0.399. The maximum Gasteiger partial charge on any atom is 0.155 e. The Kier molecular flexibility index (Phi) is 3.73. The van der Waals surface area contributed by atoms with Crippen LogP contribution in [0.4, 0.5) is 0 Å². The molecule has 6 aliphatic rings. The molecule has 0 bridgehead atoms. The Balaban J connectivity index is 1.29. The first kappa shape index (κ1) is 16.9. The second-order valence-corrected chi connectivity index (χ2v) is 10.9. The molecule has 1 saturated heterocycles. The maximum atomic E-state index is 11.9. The van der Waals surface area contributed by atoms with Gasteiger partial charge in [0.1, 0.15) is 0 Å². The number of piperidine rings is 1. The van der Waals surface area contributed by atoms with Crippen molar-refractivity contribution in [3.05, 3.63) is 22.9 Å². The fourth-order valence-corrected chi connectivity index (χ4v) is 8.78. The molecule has 0 amide bonds. The van der Waals surface area contributed by atoms with Gasteiger partial charge >= 0.3 is 0 Å². The minimum Gasteiger partial charge on any atom is -0.371 e. The molecule has 2 aliphatic heterocycles. The molecular formula is C25H35NO. The lowest BCUT2D eigenvalue weighted by atomic mass is 9.55. The van der Waals surface area contributed by atoms with Crippen LogP contribution in [0.25, 0.3) is 0 Å². The van der Waals surface area contributed by atoms with E-state index < -0.39 is 0 Å². The van der Waals surface area contributed by atoms with Gasteiger partial charge in [-0.3, -0.25) is 4.79 Å². The predicted molar refractivity (Wildman–Crippen MR) is 108 cm³/mol. The van der Waals surface area contributed by atoms with Crippen LogP contribution in [-0.4, -0.2) is 23.3 Å². The van der Waals surface area contributed by atoms with E-state index in [-0.39, 0.29) is 0 Å². The largest absolute Gasteiger partial charge is 0.371 e. The Hall–Kier alpha value is -1.05. The molecule has 4 aliphatic carbocycles. The van der Waals surface area contributed by atoms with E-state index in [9.17, 15) is 4.79 Å². The summed E-state index contributed by atoms with van der Waals surface area (Å²) < 4.78 is 0. The van der Waals surface area contributed by atoms with Crippen molar-refractivity contribution in [2.45, 2.75) is 77.7 Å². The number of allylic oxidation sites excluding steroid dienone is 2. The highest BCUT2D eigenvalue weighted by atomic mass is 16.1. The van der Waals surface area contributed by atoms with Crippen LogP contribution < -0.4 is 0 Å². The van der Waals surface area contributed by atoms with Gasteiger partial charge in [-0.2, -0.15) is 0 Å². The van der Waals surface area contributed by atoms with Crippen molar-refractivity contribution in [1.82, 2.24) is 4.90 Å². The van der Waals surface area contributed by atoms with Crippen molar-refractivity contribution < 1.29 is 4.79 Å². The van der Waals surface area contributed by atoms with E-state index in [1.807, 2.05) is 6.08 Å². The number of carbonyl (C=O) groups is 1. The molecule has 8 atom stereocenters. The topological polar surface area (TPSA) is 20.3 Å². The van der Waals surface area contributed by atoms with E-state index >= 15 is 0 Å². The van der Waals surface area contributed by atoms with Crippen molar-refractivity contribution in [2.75, 3.05) is 6.54 Å². The van der Waals surface area contributed by atoms with Gasteiger partial charge in [0.25, 0.3) is 0 Å². The van der Waals surface area contributed by atoms with Gasteiger partial charge in [-0.1, -0.05) is 12.5 Å². The van der Waals surface area contributed by atoms with Crippen LogP contribution in [0.3, 0.4) is 0 Å². The highest BCUT2D eigenvalue weighted by Gasteiger charge is 2.57. The monoisotopic (exact) mass is 365 g/mol. The van der Waals surface area contributed by atoms with Crippen molar-refractivity contribution in [3.8, 4) is 0 Å². The summed E-state index contributed by atoms with van der Waals surface area (Å²) in [6.07, 6.45) is 13.7. The second-order valence-electron chi connectivity index (χ2n) is 10.9. The first-order valence-electron chi connectivity index (χ1n) is 11.8. The molecule has 146 valence electrons. The Morgan fingerprint density at radius 3 is 2.67 bits per heavy atom. The molecule has 0 N–H and O–H groups in total. The highest BCUT2D eigenvalue weighted by molar-refractivity contribution is 5.91. The molecule has 0 radical (unpaired) electrons. The molecule has 2 nitrogen and oxygen atoms in total. The van der Waals surface area contributed by atoms with Crippen LogP contribution in [-0.2, 0) is 4.79 Å². The fourth-order valence-electron chi connectivity index (χ4n) is 8.78. The lowest BCUT2D eigenvalue weighted by Crippen LogP contribution is -2.42. The summed E-state index contributed by atoms with van der Waals surface area (Å²) in [4.78, 5) is 14.8. The van der Waals surface area contributed by atoms with Crippen LogP contribution in [0.1, 0.15) is 71.6 Å². The molecule has 2 heteroatoms. The van der Waals surface area contributed by atoms with Gasteiger partial charge in [0.15, 0.2) is 5.78 Å². The van der Waals surface area contributed by atoms with Crippen LogP contribution in [0, 0.1) is 41.4 Å². The number of nitrogens with zero attached hydrogens (tertiary/aromatic N) is 1. The SMILES string of the molecule is CC1=C2CC[C@H](C)CN2[C@@H]2C[C@@H]3[C@@H]4CCC5=CC(=O)CC[C@@H]5[C@@H]4CC[C@@H]3[C@@H]12. The lowest BCUT2D eigenvalue weighted by molar-refractivity contribution is -0.115. The van der Waals surface area contributed by atoms with E-state index in [2.05, 4.69) is 18.7 Å². The normalized spacial score (nSPS) is 48.4. The third kappa shape index (κ3) is 2.34. The van der Waals surface area contributed by atoms with Crippen LogP contribution in [0.5, 0.6) is 0 Å². The molecule has 6 rings (SSSR count). The average Bonchev–Trinajstić information content (AvgIpc) is 3.17. The van der Waals surface area contributed by atoms with Gasteiger partial charge < -0.3 is 4.90 Å². The summed E-state index contributed by atoms with van der Waals surface area (Å²) in [5, 5.41) is 0. The molecule has 2 heterocycles. The highest BCUT2D eigenvalue weighted by Crippen LogP contribution is 2.62. The van der Waals surface area contributed by atoms with Gasteiger partial charge in [0.2, 0.25) is 0 Å². The molecule has 3 saturated carbocycles. The number of hydrogen-bond donors (Lipinski definition) is 0. The molecule has 4 fully saturated rings. The molecule has 0 aromatic carbocycles. The van der Waals surface area contributed by atoms with E-state index in [1.54, 1.807) is 11.3 Å². The number of rotatable bonds is 0. The standard InChI is InChI=1S/C25H35NO/c1-14-3-10-23-15(2)25-21-9-8-19-18-7-5-17(27)11-16(18)4-6-20(19)22(21)12-24(25)26(23)13-14/h11,14,18-22,24-25H,3-10,12-13H2,1-2H3/t14-,18-,19-,20+,21-,22+,24+,25+/m0/s1. The molecular weight excluding hydrogens is 330 g/mol. The van der Waals surface area contributed by atoms with Crippen LogP contribution in [0.2, 0.25) is 0 Å². The number of ketones is 1. The number of fused-ring (bicyclic) bond motifs is 9. The van der Waals surface area contributed by atoms with Gasteiger partial charge in [-0.25, -0.2) is 0 Å². The molecule has 0 aromatic heterocycles. The fraction of sp³-hybridized carbons (Fsp3) is 0.800. The van der Waals surface area contributed by atoms with Gasteiger partial charge in [-0.15, -0.1) is 0 Å². The van der Waals surface area contributed by atoms with Crippen LogP contribution >= 0.6 is 0 Å². The maximum absolute atomic E-state index is 11.9. The molecule has 0 spiro atoms. The summed E-state index contributed by atoms with van der Waals surface area (Å²) in [6, 6.07) is 0.835. The predicted octanol–water partition coefficient (Wildman–Crippen LogP) is 5.35. The number of carbonyl (C=O) groups excluding carboxylic acids is 1. The molecule has 0 unspecified atom stereocenters. The van der Waals surface area contributed by atoms with E-state index in [0.717, 1.165) is 60.3 Å². The molecule has 27 heavy (non-hydrogen) atoms. The zero-order valence-corrected chi connectivity index (χ0v) is 17.1. The third-order valence-electron chi connectivity index (χ3n) is 9.76. The van der Waals surface area contributed by atoms with E-state index in [0.29, 0.717) is 5.78 Å². The van der Waals surface area contributed by atoms with Crippen molar-refractivity contribution in [3.63, 3.8) is 0 Å². The Morgan fingerprint density at radius 1 is 0.926 bits per heavy atom. The quantitative estimate of drug-likeness (QED) is 0.576. The van der Waals surface area contributed by atoms with Crippen molar-refractivity contribution in [2.24, 2.45) is 41.4 Å².